The van der Waals surface area contributed by atoms with E-state index < -0.39 is 0 Å². The standard InChI is InChI=1S/C19H21FN2O2/c1-24-18(13-6-8-16(20)9-7-13)12-22-19(23)17-10-14-4-2-3-5-15(14)11-21-17/h2-9,17-18,21H,10-12H2,1H3,(H,22,23)/t17-,18-/m0/s1. The zero-order chi connectivity index (χ0) is 16.9. The molecule has 2 atom stereocenters. The lowest BCUT2D eigenvalue weighted by molar-refractivity contribution is -0.123. The van der Waals surface area contributed by atoms with Gasteiger partial charge in [0.15, 0.2) is 0 Å². The Balaban J connectivity index is 1.58. The number of methoxy groups -OCH3 is 1. The molecule has 1 heterocycles. The normalized spacial score (nSPS) is 17.8. The van der Waals surface area contributed by atoms with Crippen molar-refractivity contribution >= 4 is 5.91 Å². The van der Waals surface area contributed by atoms with E-state index in [-0.39, 0.29) is 23.9 Å². The second-order valence-corrected chi connectivity index (χ2v) is 5.93. The summed E-state index contributed by atoms with van der Waals surface area (Å²) in [6.45, 7) is 1.04. The molecule has 3 rings (SSSR count). The SMILES string of the molecule is CO[C@@H](CNC(=O)[C@@H]1Cc2ccccc2CN1)c1ccc(F)cc1. The van der Waals surface area contributed by atoms with Crippen molar-refractivity contribution < 1.29 is 13.9 Å². The van der Waals surface area contributed by atoms with Crippen molar-refractivity contribution in [2.24, 2.45) is 0 Å². The quantitative estimate of drug-likeness (QED) is 0.886. The van der Waals surface area contributed by atoms with E-state index in [9.17, 15) is 9.18 Å². The van der Waals surface area contributed by atoms with Gasteiger partial charge in [0.25, 0.3) is 0 Å². The van der Waals surface area contributed by atoms with Crippen molar-refractivity contribution in [3.8, 4) is 0 Å². The number of fused-ring (bicyclic) bond motifs is 1. The first-order valence-electron chi connectivity index (χ1n) is 8.03. The zero-order valence-corrected chi connectivity index (χ0v) is 13.6. The maximum Gasteiger partial charge on any atom is 0.237 e. The molecular weight excluding hydrogens is 307 g/mol. The third kappa shape index (κ3) is 3.80. The first-order valence-corrected chi connectivity index (χ1v) is 8.03. The fourth-order valence-electron chi connectivity index (χ4n) is 2.97. The largest absolute Gasteiger partial charge is 0.375 e. The summed E-state index contributed by atoms with van der Waals surface area (Å²) in [4.78, 5) is 12.4. The van der Waals surface area contributed by atoms with Gasteiger partial charge in [-0.05, 0) is 35.2 Å². The molecule has 0 bridgehead atoms. The number of ether oxygens (including phenoxy) is 1. The minimum Gasteiger partial charge on any atom is -0.375 e. The molecule has 0 saturated heterocycles. The molecule has 0 aromatic heterocycles. The van der Waals surface area contributed by atoms with Gasteiger partial charge in [-0.1, -0.05) is 36.4 Å². The fraction of sp³-hybridized carbons (Fsp3) is 0.316. The summed E-state index contributed by atoms with van der Waals surface area (Å²) in [5, 5.41) is 6.19. The summed E-state index contributed by atoms with van der Waals surface area (Å²) in [6.07, 6.45) is 0.376. The summed E-state index contributed by atoms with van der Waals surface area (Å²) >= 11 is 0. The predicted octanol–water partition coefficient (Wildman–Crippen LogP) is 2.34. The van der Waals surface area contributed by atoms with Crippen LogP contribution in [0.2, 0.25) is 0 Å². The molecule has 0 spiro atoms. The molecule has 126 valence electrons. The average Bonchev–Trinajstić information content (AvgIpc) is 2.63. The van der Waals surface area contributed by atoms with E-state index in [1.54, 1.807) is 19.2 Å². The summed E-state index contributed by atoms with van der Waals surface area (Å²) < 4.78 is 18.4. The smallest absolute Gasteiger partial charge is 0.237 e. The first kappa shape index (κ1) is 16.6. The number of halogens is 1. The number of carbonyl (C=O) groups is 1. The summed E-state index contributed by atoms with van der Waals surface area (Å²) in [5.41, 5.74) is 3.28. The molecule has 2 N–H and O–H groups in total. The van der Waals surface area contributed by atoms with Crippen LogP contribution >= 0.6 is 0 Å². The number of hydrogen-bond acceptors (Lipinski definition) is 3. The van der Waals surface area contributed by atoms with Crippen molar-refractivity contribution in [1.29, 1.82) is 0 Å². The highest BCUT2D eigenvalue weighted by Crippen LogP contribution is 2.18. The number of nitrogens with one attached hydrogen (secondary N) is 2. The minimum absolute atomic E-state index is 0.0475. The van der Waals surface area contributed by atoms with E-state index in [2.05, 4.69) is 22.8 Å². The maximum absolute atomic E-state index is 13.0. The average molecular weight is 328 g/mol. The van der Waals surface area contributed by atoms with Gasteiger partial charge in [-0.2, -0.15) is 0 Å². The van der Waals surface area contributed by atoms with Crippen LogP contribution in [0.25, 0.3) is 0 Å². The molecule has 2 aromatic rings. The minimum atomic E-state index is -0.301. The Hall–Kier alpha value is -2.24. The highest BCUT2D eigenvalue weighted by Gasteiger charge is 2.24. The van der Waals surface area contributed by atoms with Gasteiger partial charge in [-0.25, -0.2) is 4.39 Å². The maximum atomic E-state index is 13.0. The van der Waals surface area contributed by atoms with Gasteiger partial charge < -0.3 is 15.4 Å². The van der Waals surface area contributed by atoms with Gasteiger partial charge in [-0.3, -0.25) is 4.79 Å². The Morgan fingerprint density at radius 1 is 1.25 bits per heavy atom. The molecular formula is C19H21FN2O2. The Morgan fingerprint density at radius 2 is 1.96 bits per heavy atom. The van der Waals surface area contributed by atoms with Crippen molar-refractivity contribution in [2.45, 2.75) is 25.1 Å². The lowest BCUT2D eigenvalue weighted by Gasteiger charge is -2.26. The number of carbonyl (C=O) groups excluding carboxylic acids is 1. The predicted molar refractivity (Wildman–Crippen MR) is 89.9 cm³/mol. The van der Waals surface area contributed by atoms with Gasteiger partial charge in [0.2, 0.25) is 5.91 Å². The first-order chi connectivity index (χ1) is 11.7. The van der Waals surface area contributed by atoms with Crippen LogP contribution in [-0.2, 0) is 22.5 Å². The Bertz CT molecular complexity index is 703. The van der Waals surface area contributed by atoms with Crippen LogP contribution in [0.3, 0.4) is 0 Å². The molecule has 0 saturated carbocycles. The molecule has 0 fully saturated rings. The van der Waals surface area contributed by atoms with Crippen LogP contribution in [0.1, 0.15) is 22.8 Å². The fourth-order valence-corrected chi connectivity index (χ4v) is 2.97. The van der Waals surface area contributed by atoms with Gasteiger partial charge in [0.1, 0.15) is 5.82 Å². The van der Waals surface area contributed by atoms with E-state index in [1.165, 1.54) is 23.3 Å². The van der Waals surface area contributed by atoms with Gasteiger partial charge in [0.05, 0.1) is 12.1 Å². The summed E-state index contributed by atoms with van der Waals surface area (Å²) in [6, 6.07) is 14.0. The monoisotopic (exact) mass is 328 g/mol. The van der Waals surface area contributed by atoms with E-state index in [1.807, 2.05) is 12.1 Å². The zero-order valence-electron chi connectivity index (χ0n) is 13.6. The topological polar surface area (TPSA) is 50.4 Å². The lowest BCUT2D eigenvalue weighted by atomic mass is 9.95. The van der Waals surface area contributed by atoms with Crippen molar-refractivity contribution in [1.82, 2.24) is 10.6 Å². The lowest BCUT2D eigenvalue weighted by Crippen LogP contribution is -2.48. The van der Waals surface area contributed by atoms with Crippen molar-refractivity contribution in [2.75, 3.05) is 13.7 Å². The summed E-state index contributed by atoms with van der Waals surface area (Å²) in [5.74, 6) is -0.337. The highest BCUT2D eigenvalue weighted by atomic mass is 19.1. The van der Waals surface area contributed by atoms with Gasteiger partial charge in [0, 0.05) is 20.2 Å². The Morgan fingerprint density at radius 3 is 2.67 bits per heavy atom. The molecule has 0 aliphatic carbocycles. The van der Waals surface area contributed by atoms with Gasteiger partial charge in [-0.15, -0.1) is 0 Å². The second-order valence-electron chi connectivity index (χ2n) is 5.93. The van der Waals surface area contributed by atoms with Crippen LogP contribution in [0.4, 0.5) is 4.39 Å². The van der Waals surface area contributed by atoms with E-state index in [0.29, 0.717) is 19.5 Å². The number of benzene rings is 2. The highest BCUT2D eigenvalue weighted by molar-refractivity contribution is 5.82. The number of amides is 1. The second kappa shape index (κ2) is 7.55. The number of rotatable bonds is 5. The molecule has 5 heteroatoms. The molecule has 24 heavy (non-hydrogen) atoms. The Kier molecular flexibility index (Phi) is 5.23. The van der Waals surface area contributed by atoms with Crippen molar-refractivity contribution in [3.05, 3.63) is 71.0 Å². The molecule has 0 radical (unpaired) electrons. The van der Waals surface area contributed by atoms with Crippen LogP contribution in [0.15, 0.2) is 48.5 Å². The van der Waals surface area contributed by atoms with Crippen LogP contribution in [0, 0.1) is 5.82 Å². The molecule has 4 nitrogen and oxygen atoms in total. The third-order valence-corrected chi connectivity index (χ3v) is 4.39. The third-order valence-electron chi connectivity index (χ3n) is 4.39. The van der Waals surface area contributed by atoms with Crippen LogP contribution in [0.5, 0.6) is 0 Å². The van der Waals surface area contributed by atoms with Gasteiger partial charge >= 0.3 is 0 Å². The summed E-state index contributed by atoms with van der Waals surface area (Å²) in [7, 11) is 1.58. The van der Waals surface area contributed by atoms with Crippen LogP contribution < -0.4 is 10.6 Å². The van der Waals surface area contributed by atoms with E-state index >= 15 is 0 Å². The number of hydrogen-bond donors (Lipinski definition) is 2. The molecule has 1 aliphatic rings. The van der Waals surface area contributed by atoms with Crippen molar-refractivity contribution in [3.63, 3.8) is 0 Å². The molecule has 0 unspecified atom stereocenters. The van der Waals surface area contributed by atoms with E-state index in [0.717, 1.165) is 5.56 Å². The van der Waals surface area contributed by atoms with E-state index in [4.69, 9.17) is 4.74 Å². The van der Waals surface area contributed by atoms with Crippen LogP contribution in [-0.4, -0.2) is 25.6 Å². The molecule has 2 aromatic carbocycles. The Labute approximate surface area is 141 Å². The molecule has 1 aliphatic heterocycles. The molecule has 1 amide bonds.